The van der Waals surface area contributed by atoms with Crippen LogP contribution in [0.15, 0.2) is 35.1 Å². The molecule has 0 spiro atoms. The molecule has 1 N–H and O–H groups in total. The smallest absolute Gasteiger partial charge is 0.252 e. The first-order valence-electron chi connectivity index (χ1n) is 12.1. The number of aromatic nitrogens is 2. The minimum absolute atomic E-state index is 0. The maximum atomic E-state index is 13.4. The van der Waals surface area contributed by atoms with Gasteiger partial charge in [0.25, 0.3) is 5.56 Å². The van der Waals surface area contributed by atoms with Crippen LogP contribution in [0.2, 0.25) is 0 Å². The Hall–Kier alpha value is -3.74. The molecule has 0 atom stereocenters. The predicted octanol–water partition coefficient (Wildman–Crippen LogP) is 5.95. The average Bonchev–Trinajstić information content (AvgIpc) is 3.32. The van der Waals surface area contributed by atoms with Gasteiger partial charge < -0.3 is 23.9 Å². The number of nitrogens with zero attached hydrogens (tertiary/aromatic N) is 1. The first kappa shape index (κ1) is 25.4. The number of ether oxygens (including phenoxy) is 4. The van der Waals surface area contributed by atoms with Crippen molar-refractivity contribution < 1.29 is 18.9 Å². The van der Waals surface area contributed by atoms with Crippen LogP contribution in [0.3, 0.4) is 0 Å². The second-order valence-corrected chi connectivity index (χ2v) is 8.83. The third-order valence-corrected chi connectivity index (χ3v) is 6.54. The number of aryl methyl sites for hydroxylation is 2. The summed E-state index contributed by atoms with van der Waals surface area (Å²) in [4.78, 5) is 21.5. The molecule has 1 aliphatic rings. The SMILES string of the molecule is C.CCCc1nc2cc3c(cc2cc1Cc1c(=O)[nH]c(CCC)c2cc(OC)c(OC)cc12)OCO3. The highest BCUT2D eigenvalue weighted by Crippen LogP contribution is 2.37. The standard InChI is InChI=1S/C28H30N2O5.CH4/c1-5-7-21-16(9-17-11-26-27(35-15-34-26)14-23(17)29-21)10-20-18-12-24(32-3)25(33-4)13-19(18)22(8-6-2)30-28(20)31;/h9,11-14H,5-8,10,15H2,1-4H3,(H,30,31);1H4. The van der Waals surface area contributed by atoms with E-state index in [4.69, 9.17) is 23.9 Å². The number of pyridine rings is 2. The van der Waals surface area contributed by atoms with Gasteiger partial charge in [-0.3, -0.25) is 9.78 Å². The van der Waals surface area contributed by atoms with Crippen molar-refractivity contribution >= 4 is 21.7 Å². The number of nitrogens with one attached hydrogen (secondary N) is 1. The summed E-state index contributed by atoms with van der Waals surface area (Å²) in [5.74, 6) is 2.69. The largest absolute Gasteiger partial charge is 0.493 e. The van der Waals surface area contributed by atoms with Crippen LogP contribution >= 0.6 is 0 Å². The molecule has 4 aromatic rings. The van der Waals surface area contributed by atoms with Crippen LogP contribution in [0.4, 0.5) is 0 Å². The summed E-state index contributed by atoms with van der Waals surface area (Å²) in [5.41, 5.74) is 4.41. The topological polar surface area (TPSA) is 82.7 Å². The first-order valence-corrected chi connectivity index (χ1v) is 12.1. The Kier molecular flexibility index (Phi) is 7.38. The molecule has 0 unspecified atom stereocenters. The van der Waals surface area contributed by atoms with Crippen LogP contribution in [0.25, 0.3) is 21.7 Å². The van der Waals surface area contributed by atoms with Gasteiger partial charge in [0.05, 0.1) is 19.7 Å². The van der Waals surface area contributed by atoms with Crippen molar-refractivity contribution in [1.29, 1.82) is 0 Å². The van der Waals surface area contributed by atoms with Crippen molar-refractivity contribution in [1.82, 2.24) is 9.97 Å². The van der Waals surface area contributed by atoms with Crippen LogP contribution in [-0.4, -0.2) is 31.0 Å². The molecular weight excluding hydrogens is 456 g/mol. The van der Waals surface area contributed by atoms with E-state index in [0.717, 1.165) is 75.8 Å². The Morgan fingerprint density at radius 3 is 2.25 bits per heavy atom. The molecule has 0 aliphatic carbocycles. The zero-order valence-electron chi connectivity index (χ0n) is 20.6. The van der Waals surface area contributed by atoms with Gasteiger partial charge in [-0.05, 0) is 48.1 Å². The Balaban J connectivity index is 0.00000304. The van der Waals surface area contributed by atoms with Gasteiger partial charge in [0.15, 0.2) is 23.0 Å². The van der Waals surface area contributed by atoms with Crippen molar-refractivity contribution in [3.05, 3.63) is 63.2 Å². The molecular formula is C29H34N2O5. The van der Waals surface area contributed by atoms with Gasteiger partial charge in [-0.2, -0.15) is 0 Å². The lowest BCUT2D eigenvalue weighted by Gasteiger charge is -2.16. The average molecular weight is 491 g/mol. The van der Waals surface area contributed by atoms with Crippen LogP contribution in [-0.2, 0) is 19.3 Å². The highest BCUT2D eigenvalue weighted by Gasteiger charge is 2.20. The highest BCUT2D eigenvalue weighted by molar-refractivity contribution is 5.91. The Labute approximate surface area is 211 Å². The maximum absolute atomic E-state index is 13.4. The number of methoxy groups -OCH3 is 2. The van der Waals surface area contributed by atoms with E-state index in [1.165, 1.54) is 0 Å². The molecule has 2 aromatic carbocycles. The predicted molar refractivity (Wildman–Crippen MR) is 143 cm³/mol. The fourth-order valence-corrected chi connectivity index (χ4v) is 4.85. The van der Waals surface area contributed by atoms with Gasteiger partial charge in [-0.25, -0.2) is 0 Å². The van der Waals surface area contributed by atoms with Gasteiger partial charge in [-0.15, -0.1) is 0 Å². The molecule has 0 saturated heterocycles. The zero-order chi connectivity index (χ0) is 24.5. The van der Waals surface area contributed by atoms with Crippen molar-refractivity contribution in [3.8, 4) is 23.0 Å². The zero-order valence-corrected chi connectivity index (χ0v) is 20.6. The molecule has 7 nitrogen and oxygen atoms in total. The second kappa shape index (κ2) is 10.5. The number of fused-ring (bicyclic) bond motifs is 3. The minimum Gasteiger partial charge on any atom is -0.493 e. The van der Waals surface area contributed by atoms with E-state index in [-0.39, 0.29) is 19.8 Å². The van der Waals surface area contributed by atoms with E-state index >= 15 is 0 Å². The van der Waals surface area contributed by atoms with E-state index in [2.05, 4.69) is 24.9 Å². The van der Waals surface area contributed by atoms with Crippen molar-refractivity contribution in [2.45, 2.75) is 53.4 Å². The van der Waals surface area contributed by atoms with Crippen LogP contribution in [0.5, 0.6) is 23.0 Å². The lowest BCUT2D eigenvalue weighted by Crippen LogP contribution is -2.17. The lowest BCUT2D eigenvalue weighted by atomic mass is 9.95. The second-order valence-electron chi connectivity index (χ2n) is 8.83. The maximum Gasteiger partial charge on any atom is 0.252 e. The van der Waals surface area contributed by atoms with Crippen LogP contribution < -0.4 is 24.5 Å². The van der Waals surface area contributed by atoms with Gasteiger partial charge in [0.1, 0.15) is 0 Å². The fraction of sp³-hybridized carbons (Fsp3) is 0.379. The van der Waals surface area contributed by atoms with Gasteiger partial charge in [0, 0.05) is 40.2 Å². The Morgan fingerprint density at radius 2 is 1.58 bits per heavy atom. The van der Waals surface area contributed by atoms with E-state index < -0.39 is 0 Å². The number of aromatic amines is 1. The number of rotatable bonds is 8. The van der Waals surface area contributed by atoms with Crippen molar-refractivity contribution in [2.75, 3.05) is 21.0 Å². The van der Waals surface area contributed by atoms with Crippen molar-refractivity contribution in [2.24, 2.45) is 0 Å². The summed E-state index contributed by atoms with van der Waals surface area (Å²) >= 11 is 0. The monoisotopic (exact) mass is 490 g/mol. The molecule has 36 heavy (non-hydrogen) atoms. The quantitative estimate of drug-likeness (QED) is 0.328. The molecule has 0 fully saturated rings. The van der Waals surface area contributed by atoms with E-state index in [9.17, 15) is 4.79 Å². The molecule has 7 heteroatoms. The third kappa shape index (κ3) is 4.45. The number of benzene rings is 2. The summed E-state index contributed by atoms with van der Waals surface area (Å²) in [6.07, 6.45) is 3.92. The molecule has 0 bridgehead atoms. The molecule has 190 valence electrons. The highest BCUT2D eigenvalue weighted by atomic mass is 16.7. The molecule has 5 rings (SSSR count). The molecule has 1 aliphatic heterocycles. The first-order chi connectivity index (χ1) is 17.1. The summed E-state index contributed by atoms with van der Waals surface area (Å²) in [5, 5.41) is 2.82. The van der Waals surface area contributed by atoms with Gasteiger partial charge in [-0.1, -0.05) is 34.1 Å². The lowest BCUT2D eigenvalue weighted by molar-refractivity contribution is 0.174. The number of hydrogen-bond donors (Lipinski definition) is 1. The summed E-state index contributed by atoms with van der Waals surface area (Å²) < 4.78 is 22.2. The molecule has 2 aromatic heterocycles. The molecule has 0 amide bonds. The Morgan fingerprint density at radius 1 is 0.917 bits per heavy atom. The summed E-state index contributed by atoms with van der Waals surface area (Å²) in [6.45, 7) is 4.45. The van der Waals surface area contributed by atoms with E-state index in [1.807, 2.05) is 24.3 Å². The summed E-state index contributed by atoms with van der Waals surface area (Å²) in [6, 6.07) is 9.90. The van der Waals surface area contributed by atoms with Gasteiger partial charge >= 0.3 is 0 Å². The normalized spacial score (nSPS) is 12.1. The van der Waals surface area contributed by atoms with Crippen LogP contribution in [0, 0.1) is 0 Å². The summed E-state index contributed by atoms with van der Waals surface area (Å²) in [7, 11) is 3.24. The molecule has 0 radical (unpaired) electrons. The van der Waals surface area contributed by atoms with Crippen molar-refractivity contribution in [3.63, 3.8) is 0 Å². The third-order valence-electron chi connectivity index (χ3n) is 6.54. The molecule has 3 heterocycles. The minimum atomic E-state index is -0.0820. The van der Waals surface area contributed by atoms with E-state index in [0.29, 0.717) is 23.5 Å². The fourth-order valence-electron chi connectivity index (χ4n) is 4.85. The van der Waals surface area contributed by atoms with Gasteiger partial charge in [0.2, 0.25) is 6.79 Å². The van der Waals surface area contributed by atoms with E-state index in [1.54, 1.807) is 14.2 Å². The molecule has 0 saturated carbocycles. The van der Waals surface area contributed by atoms with Crippen LogP contribution in [0.1, 0.15) is 56.6 Å². The number of hydrogen-bond acceptors (Lipinski definition) is 6. The number of H-pyrrole nitrogens is 1. The Bertz CT molecular complexity index is 1480.